The fourth-order valence-electron chi connectivity index (χ4n) is 0.272. The number of rotatable bonds is 2. The van der Waals surface area contributed by atoms with Crippen LogP contribution in [0.2, 0.25) is 0 Å². The van der Waals surface area contributed by atoms with Gasteiger partial charge in [0, 0.05) is 0 Å². The van der Waals surface area contributed by atoms with Gasteiger partial charge in [-0.05, 0) is 45.4 Å². The van der Waals surface area contributed by atoms with Gasteiger partial charge in [-0.15, -0.1) is 0 Å². The lowest BCUT2D eigenvalue weighted by molar-refractivity contribution is -0.137. The third kappa shape index (κ3) is 3.78. The van der Waals surface area contributed by atoms with Crippen molar-refractivity contribution in [3.8, 4) is 0 Å². The largest absolute Gasteiger partial charge is 0.462 e. The Kier molecular flexibility index (Phi) is 5.75. The molecule has 0 amide bonds. The summed E-state index contributed by atoms with van der Waals surface area (Å²) in [6.07, 6.45) is 0. The van der Waals surface area contributed by atoms with E-state index in [1.54, 1.807) is 6.92 Å². The minimum atomic E-state index is -0.495. The first-order valence-corrected chi connectivity index (χ1v) is 4.72. The summed E-state index contributed by atoms with van der Waals surface area (Å²) in [5, 5.41) is 0.0856. The summed E-state index contributed by atoms with van der Waals surface area (Å²) in [5.74, 6) is -0.495. The van der Waals surface area contributed by atoms with Gasteiger partial charge >= 0.3 is 5.97 Å². The molecular weight excluding hydrogens is 334 g/mol. The molecule has 0 saturated carbocycles. The van der Waals surface area contributed by atoms with E-state index in [0.29, 0.717) is 9.10 Å². The third-order valence-electron chi connectivity index (χ3n) is 0.621. The van der Waals surface area contributed by atoms with Gasteiger partial charge in [-0.1, -0.05) is 11.6 Å². The van der Waals surface area contributed by atoms with Crippen LogP contribution in [0.15, 0.2) is 7.52 Å². The highest BCUT2D eigenvalue weighted by molar-refractivity contribution is 14.1. The summed E-state index contributed by atoms with van der Waals surface area (Å²) < 4.78 is 5.16. The Bertz CT molecular complexity index is 165. The molecule has 0 N–H and O–H groups in total. The minimum absolute atomic E-state index is 0.0856. The van der Waals surface area contributed by atoms with Crippen LogP contribution < -0.4 is 0 Å². The molecule has 0 atom stereocenters. The molecule has 0 aliphatic carbocycles. The molecule has 0 aromatic heterocycles. The molecule has 0 unspecified atom stereocenters. The molecule has 0 radical (unpaired) electrons. The van der Waals surface area contributed by atoms with Gasteiger partial charge in [-0.2, -0.15) is 0 Å². The predicted molar refractivity (Wildman–Crippen MR) is 52.5 cm³/mol. The average molecular weight is 339 g/mol. The highest BCUT2D eigenvalue weighted by atomic mass is 127. The van der Waals surface area contributed by atoms with Crippen molar-refractivity contribution < 1.29 is 9.53 Å². The fourth-order valence-corrected chi connectivity index (χ4v) is 0.708. The molecule has 0 aromatic rings. The molecule has 0 aliphatic rings. The quantitative estimate of drug-likeness (QED) is 0.439. The van der Waals surface area contributed by atoms with Gasteiger partial charge in [0.2, 0.25) is 0 Å². The molecule has 0 rings (SSSR count). The van der Waals surface area contributed by atoms with Crippen molar-refractivity contribution in [3.63, 3.8) is 0 Å². The molecular formula is C5H5BrClIO2. The molecule has 10 heavy (non-hydrogen) atoms. The lowest BCUT2D eigenvalue weighted by Crippen LogP contribution is -2.03. The zero-order valence-electron chi connectivity index (χ0n) is 5.16. The second kappa shape index (κ2) is 5.37. The number of ether oxygens (including phenoxy) is 1. The Morgan fingerprint density at radius 2 is 2.30 bits per heavy atom. The lowest BCUT2D eigenvalue weighted by Gasteiger charge is -1.98. The van der Waals surface area contributed by atoms with Crippen molar-refractivity contribution in [1.82, 2.24) is 0 Å². The Hall–Kier alpha value is 0.710. The highest BCUT2D eigenvalue weighted by Crippen LogP contribution is 2.23. The molecule has 0 saturated heterocycles. The Balaban J connectivity index is 4.09. The number of hydrogen-bond donors (Lipinski definition) is 0. The van der Waals surface area contributed by atoms with Crippen LogP contribution in [0.1, 0.15) is 6.92 Å². The summed E-state index contributed by atoms with van der Waals surface area (Å²) in [6.45, 7) is 2.06. The number of hydrogen-bond acceptors (Lipinski definition) is 2. The van der Waals surface area contributed by atoms with Crippen LogP contribution in [-0.2, 0) is 9.53 Å². The van der Waals surface area contributed by atoms with Crippen LogP contribution in [0.25, 0.3) is 0 Å². The zero-order chi connectivity index (χ0) is 8.15. The first kappa shape index (κ1) is 10.7. The summed E-state index contributed by atoms with van der Waals surface area (Å²) >= 11 is 10.4. The van der Waals surface area contributed by atoms with Crippen LogP contribution in [0, 0.1) is 0 Å². The molecule has 0 bridgehead atoms. The van der Waals surface area contributed by atoms with E-state index < -0.39 is 5.97 Å². The Labute approximate surface area is 86.2 Å². The van der Waals surface area contributed by atoms with E-state index >= 15 is 0 Å². The Morgan fingerprint density at radius 3 is 2.60 bits per heavy atom. The van der Waals surface area contributed by atoms with E-state index in [9.17, 15) is 4.79 Å². The summed E-state index contributed by atoms with van der Waals surface area (Å²) in [5.41, 5.74) is 0. The van der Waals surface area contributed by atoms with Crippen LogP contribution in [0.4, 0.5) is 0 Å². The molecule has 5 heteroatoms. The van der Waals surface area contributed by atoms with Gasteiger partial charge < -0.3 is 4.74 Å². The maximum atomic E-state index is 10.7. The molecule has 58 valence electrons. The van der Waals surface area contributed by atoms with E-state index in [0.717, 1.165) is 0 Å². The maximum absolute atomic E-state index is 10.7. The van der Waals surface area contributed by atoms with Gasteiger partial charge in [0.1, 0.15) is 5.03 Å². The molecule has 0 heterocycles. The monoisotopic (exact) mass is 338 g/mol. The maximum Gasteiger partial charge on any atom is 0.351 e. The third-order valence-corrected chi connectivity index (χ3v) is 2.45. The van der Waals surface area contributed by atoms with Gasteiger partial charge in [-0.25, -0.2) is 4.79 Å². The van der Waals surface area contributed by atoms with Gasteiger partial charge in [0.25, 0.3) is 0 Å². The van der Waals surface area contributed by atoms with Crippen molar-refractivity contribution in [3.05, 3.63) is 7.52 Å². The first-order valence-electron chi connectivity index (χ1n) is 2.47. The first-order chi connectivity index (χ1) is 4.59. The van der Waals surface area contributed by atoms with Gasteiger partial charge in [0.05, 0.1) is 9.10 Å². The second-order valence-corrected chi connectivity index (χ2v) is 5.03. The molecule has 2 nitrogen and oxygen atoms in total. The summed E-state index contributed by atoms with van der Waals surface area (Å²) in [6, 6.07) is 0. The van der Waals surface area contributed by atoms with Crippen molar-refractivity contribution in [2.75, 3.05) is 6.61 Å². The smallest absolute Gasteiger partial charge is 0.351 e. The summed E-state index contributed by atoms with van der Waals surface area (Å²) in [4.78, 5) is 10.7. The van der Waals surface area contributed by atoms with Crippen molar-refractivity contribution in [1.29, 1.82) is 0 Å². The van der Waals surface area contributed by atoms with E-state index in [1.165, 1.54) is 0 Å². The molecule has 0 spiro atoms. The van der Waals surface area contributed by atoms with E-state index in [1.807, 2.05) is 22.6 Å². The van der Waals surface area contributed by atoms with Crippen LogP contribution in [0.5, 0.6) is 0 Å². The molecule has 0 fully saturated rings. The van der Waals surface area contributed by atoms with Crippen LogP contribution >= 0.6 is 50.1 Å². The fraction of sp³-hybridized carbons (Fsp3) is 0.400. The number of carbonyl (C=O) groups excluding carboxylic acids is 1. The standard InChI is InChI=1S/C5H5BrClIO2/c1-2-10-5(9)3(7)4(6)8/h2H2,1H3/b4-3+. The molecule has 0 aromatic carbocycles. The van der Waals surface area contributed by atoms with Crippen LogP contribution in [-0.4, -0.2) is 12.6 Å². The predicted octanol–water partition coefficient (Wildman–Crippen LogP) is 2.79. The van der Waals surface area contributed by atoms with E-state index in [4.69, 9.17) is 11.6 Å². The van der Waals surface area contributed by atoms with Crippen molar-refractivity contribution >= 4 is 56.1 Å². The average Bonchev–Trinajstić information content (AvgIpc) is 1.87. The van der Waals surface area contributed by atoms with Gasteiger partial charge in [-0.3, -0.25) is 0 Å². The van der Waals surface area contributed by atoms with Crippen LogP contribution in [0.3, 0.4) is 0 Å². The zero-order valence-corrected chi connectivity index (χ0v) is 9.66. The van der Waals surface area contributed by atoms with E-state index in [2.05, 4.69) is 20.7 Å². The van der Waals surface area contributed by atoms with Crippen molar-refractivity contribution in [2.45, 2.75) is 6.92 Å². The normalized spacial score (nSPS) is 12.4. The minimum Gasteiger partial charge on any atom is -0.462 e. The topological polar surface area (TPSA) is 26.3 Å². The van der Waals surface area contributed by atoms with E-state index in [-0.39, 0.29) is 5.03 Å². The highest BCUT2D eigenvalue weighted by Gasteiger charge is 2.09. The summed E-state index contributed by atoms with van der Waals surface area (Å²) in [7, 11) is 0. The van der Waals surface area contributed by atoms with Gasteiger partial charge in [0.15, 0.2) is 0 Å². The Morgan fingerprint density at radius 1 is 1.80 bits per heavy atom. The second-order valence-electron chi connectivity index (χ2n) is 1.29. The molecule has 0 aliphatic heterocycles. The number of esters is 1. The lowest BCUT2D eigenvalue weighted by atomic mass is 10.6. The SMILES string of the molecule is CCOC(=O)/C(Cl)=C(/Br)I. The number of halogens is 3. The van der Waals surface area contributed by atoms with Crippen molar-refractivity contribution in [2.24, 2.45) is 0 Å². The number of carbonyl (C=O) groups is 1.